The summed E-state index contributed by atoms with van der Waals surface area (Å²) < 4.78 is 48.8. The van der Waals surface area contributed by atoms with Gasteiger partial charge in [0, 0.05) is 37.8 Å². The van der Waals surface area contributed by atoms with Gasteiger partial charge in [-0.25, -0.2) is 12.8 Å². The van der Waals surface area contributed by atoms with Crippen molar-refractivity contribution in [3.8, 4) is 11.3 Å². The van der Waals surface area contributed by atoms with E-state index in [1.54, 1.807) is 18.2 Å². The number of benzene rings is 3. The van der Waals surface area contributed by atoms with Crippen molar-refractivity contribution >= 4 is 15.9 Å². The molecule has 0 N–H and O–H groups in total. The molecule has 1 unspecified atom stereocenters. The second-order valence-electron chi connectivity index (χ2n) is 9.44. The van der Waals surface area contributed by atoms with Crippen LogP contribution in [0.5, 0.6) is 0 Å². The molecule has 1 atom stereocenters. The summed E-state index contributed by atoms with van der Waals surface area (Å²) in [6, 6.07) is 22.5. The van der Waals surface area contributed by atoms with E-state index < -0.39 is 27.0 Å². The first-order valence-corrected chi connectivity index (χ1v) is 13.9. The van der Waals surface area contributed by atoms with Gasteiger partial charge in [-0.05, 0) is 42.7 Å². The standard InChI is InChI=1S/C29H28FN3O4S/c1-20-12-13-23(21(2)18-20)28(22-8-4-3-5-9-22)38(35,36)33-16-14-32(15-17-33)29(34)27-19-26(31-37-27)24-10-6-7-11-25(24)30/h3-13,18-19,28H,14-17H2,1-2H3. The van der Waals surface area contributed by atoms with Gasteiger partial charge in [0.1, 0.15) is 16.8 Å². The van der Waals surface area contributed by atoms with E-state index in [0.717, 1.165) is 16.7 Å². The van der Waals surface area contributed by atoms with Crippen LogP contribution < -0.4 is 0 Å². The van der Waals surface area contributed by atoms with Crippen molar-refractivity contribution in [2.75, 3.05) is 26.2 Å². The average molecular weight is 534 g/mol. The lowest BCUT2D eigenvalue weighted by atomic mass is 9.98. The van der Waals surface area contributed by atoms with Crippen molar-refractivity contribution in [2.24, 2.45) is 0 Å². The molecule has 0 saturated carbocycles. The number of hydrogen-bond acceptors (Lipinski definition) is 5. The number of sulfonamides is 1. The number of halogens is 1. The molecule has 1 aromatic heterocycles. The van der Waals surface area contributed by atoms with Gasteiger partial charge in [-0.3, -0.25) is 4.79 Å². The number of piperazine rings is 1. The third kappa shape index (κ3) is 4.99. The number of amides is 1. The third-order valence-electron chi connectivity index (χ3n) is 6.86. The zero-order chi connectivity index (χ0) is 26.9. The van der Waals surface area contributed by atoms with Crippen molar-refractivity contribution in [3.05, 3.63) is 113 Å². The molecule has 5 rings (SSSR count). The van der Waals surface area contributed by atoms with Gasteiger partial charge in [0.05, 0.1) is 0 Å². The lowest BCUT2D eigenvalue weighted by Gasteiger charge is -2.36. The number of carbonyl (C=O) groups excluding carboxylic acids is 1. The summed E-state index contributed by atoms with van der Waals surface area (Å²) in [6.45, 7) is 4.60. The minimum atomic E-state index is -3.80. The summed E-state index contributed by atoms with van der Waals surface area (Å²) in [7, 11) is -3.80. The number of nitrogens with zero attached hydrogens (tertiary/aromatic N) is 3. The first-order chi connectivity index (χ1) is 18.3. The normalized spacial score (nSPS) is 15.4. The summed E-state index contributed by atoms with van der Waals surface area (Å²) in [5.74, 6) is -0.890. The van der Waals surface area contributed by atoms with Crippen molar-refractivity contribution in [1.82, 2.24) is 14.4 Å². The molecular formula is C29H28FN3O4S. The minimum absolute atomic E-state index is 0.0167. The van der Waals surface area contributed by atoms with Gasteiger partial charge >= 0.3 is 0 Å². The fraction of sp³-hybridized carbons (Fsp3) is 0.241. The molecule has 1 aliphatic rings. The van der Waals surface area contributed by atoms with Crippen LogP contribution >= 0.6 is 0 Å². The molecule has 9 heteroatoms. The second kappa shape index (κ2) is 10.5. The molecule has 1 amide bonds. The molecule has 196 valence electrons. The van der Waals surface area contributed by atoms with Crippen LogP contribution in [0.3, 0.4) is 0 Å². The monoisotopic (exact) mass is 533 g/mol. The number of carbonyl (C=O) groups is 1. The maximum atomic E-state index is 14.1. The third-order valence-corrected chi connectivity index (χ3v) is 9.07. The summed E-state index contributed by atoms with van der Waals surface area (Å²) in [4.78, 5) is 14.6. The Morgan fingerprint density at radius 2 is 1.61 bits per heavy atom. The number of aromatic nitrogens is 1. The highest BCUT2D eigenvalue weighted by atomic mass is 32.2. The van der Waals surface area contributed by atoms with Crippen molar-refractivity contribution in [2.45, 2.75) is 19.1 Å². The molecule has 0 radical (unpaired) electrons. The molecular weight excluding hydrogens is 505 g/mol. The smallest absolute Gasteiger partial charge is 0.292 e. The molecule has 1 fully saturated rings. The van der Waals surface area contributed by atoms with Crippen molar-refractivity contribution < 1.29 is 22.1 Å². The zero-order valence-electron chi connectivity index (χ0n) is 21.2. The Labute approximate surface area is 221 Å². The highest BCUT2D eigenvalue weighted by Crippen LogP contribution is 2.35. The van der Waals surface area contributed by atoms with Crippen LogP contribution in [0.4, 0.5) is 4.39 Å². The Morgan fingerprint density at radius 1 is 0.921 bits per heavy atom. The van der Waals surface area contributed by atoms with Gasteiger partial charge in [0.2, 0.25) is 15.8 Å². The Kier molecular flexibility index (Phi) is 7.14. The van der Waals surface area contributed by atoms with Crippen LogP contribution in [0.15, 0.2) is 83.4 Å². The van der Waals surface area contributed by atoms with Crippen molar-refractivity contribution in [1.29, 1.82) is 0 Å². The fourth-order valence-corrected chi connectivity index (χ4v) is 6.94. The Hall–Kier alpha value is -3.82. The minimum Gasteiger partial charge on any atom is -0.350 e. The van der Waals surface area contributed by atoms with E-state index in [4.69, 9.17) is 4.52 Å². The summed E-state index contributed by atoms with van der Waals surface area (Å²) in [5.41, 5.74) is 3.87. The first-order valence-electron chi connectivity index (χ1n) is 12.4. The number of rotatable bonds is 6. The molecule has 1 saturated heterocycles. The molecule has 0 bridgehead atoms. The van der Waals surface area contributed by atoms with E-state index in [1.165, 1.54) is 21.3 Å². The van der Waals surface area contributed by atoms with Gasteiger partial charge in [0.15, 0.2) is 0 Å². The predicted octanol–water partition coefficient (Wildman–Crippen LogP) is 4.97. The van der Waals surface area contributed by atoms with E-state index in [-0.39, 0.29) is 43.2 Å². The highest BCUT2D eigenvalue weighted by Gasteiger charge is 2.38. The largest absolute Gasteiger partial charge is 0.350 e. The number of aryl methyl sites for hydroxylation is 2. The maximum Gasteiger partial charge on any atom is 0.292 e. The SMILES string of the molecule is Cc1ccc(C(c2ccccc2)S(=O)(=O)N2CCN(C(=O)c3cc(-c4ccccc4F)no3)CC2)c(C)c1. The van der Waals surface area contributed by atoms with E-state index in [0.29, 0.717) is 5.56 Å². The molecule has 2 heterocycles. The maximum absolute atomic E-state index is 14.1. The van der Waals surface area contributed by atoms with Crippen LogP contribution in [0.1, 0.15) is 38.1 Å². The molecule has 0 spiro atoms. The van der Waals surface area contributed by atoms with Gasteiger partial charge < -0.3 is 9.42 Å². The molecule has 4 aromatic rings. The summed E-state index contributed by atoms with van der Waals surface area (Å²) >= 11 is 0. The Bertz CT molecular complexity index is 1560. The lowest BCUT2D eigenvalue weighted by Crippen LogP contribution is -2.51. The highest BCUT2D eigenvalue weighted by molar-refractivity contribution is 7.89. The van der Waals surface area contributed by atoms with Gasteiger partial charge in [-0.2, -0.15) is 4.31 Å². The van der Waals surface area contributed by atoms with Gasteiger partial charge in [-0.15, -0.1) is 0 Å². The van der Waals surface area contributed by atoms with E-state index in [1.807, 2.05) is 62.4 Å². The molecule has 38 heavy (non-hydrogen) atoms. The average Bonchev–Trinajstić information content (AvgIpc) is 3.41. The van der Waals surface area contributed by atoms with Crippen LogP contribution in [-0.2, 0) is 10.0 Å². The quantitative estimate of drug-likeness (QED) is 0.349. The second-order valence-corrected chi connectivity index (χ2v) is 11.5. The molecule has 3 aromatic carbocycles. The Morgan fingerprint density at radius 3 is 2.29 bits per heavy atom. The topological polar surface area (TPSA) is 83.7 Å². The van der Waals surface area contributed by atoms with E-state index >= 15 is 0 Å². The van der Waals surface area contributed by atoms with E-state index in [2.05, 4.69) is 5.16 Å². The van der Waals surface area contributed by atoms with Gasteiger partial charge in [-0.1, -0.05) is 71.4 Å². The molecule has 1 aliphatic heterocycles. The van der Waals surface area contributed by atoms with Crippen LogP contribution in [0.2, 0.25) is 0 Å². The lowest BCUT2D eigenvalue weighted by molar-refractivity contribution is 0.0656. The van der Waals surface area contributed by atoms with E-state index in [9.17, 15) is 17.6 Å². The fourth-order valence-electron chi connectivity index (χ4n) is 4.88. The molecule has 0 aliphatic carbocycles. The zero-order valence-corrected chi connectivity index (χ0v) is 22.0. The van der Waals surface area contributed by atoms with Crippen molar-refractivity contribution in [3.63, 3.8) is 0 Å². The molecule has 7 nitrogen and oxygen atoms in total. The van der Waals surface area contributed by atoms with Crippen LogP contribution in [0, 0.1) is 19.7 Å². The summed E-state index contributed by atoms with van der Waals surface area (Å²) in [6.07, 6.45) is 0. The predicted molar refractivity (Wildman–Crippen MR) is 142 cm³/mol. The van der Waals surface area contributed by atoms with Gasteiger partial charge in [0.25, 0.3) is 5.91 Å². The first kappa shape index (κ1) is 25.8. The van der Waals surface area contributed by atoms with Crippen LogP contribution in [-0.4, -0.2) is 54.9 Å². The number of hydrogen-bond donors (Lipinski definition) is 0. The Balaban J connectivity index is 1.35. The van der Waals surface area contributed by atoms with Crippen LogP contribution in [0.25, 0.3) is 11.3 Å². The summed E-state index contributed by atoms with van der Waals surface area (Å²) in [5, 5.41) is 3.00.